The standard InChI is InChI=1S/C23H26F3N3O3S/c24-23(25,26)16-5-6-21-19(11-16)29(18-3-1-2-4-20(18)33-21)14-17(30)13-28-9-7-15(8-10-28)12-27-22(31)32/h1-6,11,15,17,27,30H,7-10,12-14H2,(H,31,32). The van der Waals surface area contributed by atoms with Gasteiger partial charge in [-0.3, -0.25) is 0 Å². The third-order valence-corrected chi connectivity index (χ3v) is 7.19. The van der Waals surface area contributed by atoms with Crippen molar-refractivity contribution in [2.75, 3.05) is 37.6 Å². The van der Waals surface area contributed by atoms with Crippen molar-refractivity contribution in [3.63, 3.8) is 0 Å². The number of halogens is 3. The minimum Gasteiger partial charge on any atom is -0.465 e. The number of para-hydroxylation sites is 1. The van der Waals surface area contributed by atoms with Crippen molar-refractivity contribution >= 4 is 29.2 Å². The van der Waals surface area contributed by atoms with Gasteiger partial charge in [-0.25, -0.2) is 4.79 Å². The number of benzene rings is 2. The Morgan fingerprint density at radius 1 is 1.09 bits per heavy atom. The maximum atomic E-state index is 13.4. The Kier molecular flexibility index (Phi) is 7.06. The molecule has 2 aliphatic heterocycles. The molecule has 2 aromatic carbocycles. The van der Waals surface area contributed by atoms with Crippen LogP contribution in [-0.4, -0.2) is 60.0 Å². The first-order valence-electron chi connectivity index (χ1n) is 10.8. The molecule has 2 aromatic rings. The second kappa shape index (κ2) is 9.82. The number of hydrogen-bond acceptors (Lipinski definition) is 5. The van der Waals surface area contributed by atoms with Gasteiger partial charge >= 0.3 is 12.3 Å². The minimum atomic E-state index is -4.44. The van der Waals surface area contributed by atoms with Gasteiger partial charge in [0.1, 0.15) is 0 Å². The molecule has 6 nitrogen and oxygen atoms in total. The number of carboxylic acid groups (broad SMARTS) is 1. The molecule has 0 radical (unpaired) electrons. The number of rotatable bonds is 6. The van der Waals surface area contributed by atoms with E-state index in [1.54, 1.807) is 4.90 Å². The fraction of sp³-hybridized carbons (Fsp3) is 0.435. The van der Waals surface area contributed by atoms with Crippen molar-refractivity contribution in [2.45, 2.75) is 34.9 Å². The number of likely N-dealkylation sites (tertiary alicyclic amines) is 1. The van der Waals surface area contributed by atoms with Crippen LogP contribution in [0, 0.1) is 5.92 Å². The average Bonchev–Trinajstić information content (AvgIpc) is 2.77. The predicted octanol–water partition coefficient (Wildman–Crippen LogP) is 4.65. The molecular formula is C23H26F3N3O3S. The van der Waals surface area contributed by atoms with Gasteiger partial charge in [0, 0.05) is 22.9 Å². The van der Waals surface area contributed by atoms with Crippen molar-refractivity contribution in [3.8, 4) is 0 Å². The van der Waals surface area contributed by atoms with Crippen molar-refractivity contribution in [1.82, 2.24) is 10.2 Å². The summed E-state index contributed by atoms with van der Waals surface area (Å²) < 4.78 is 40.1. The van der Waals surface area contributed by atoms with E-state index in [2.05, 4.69) is 10.2 Å². The lowest BCUT2D eigenvalue weighted by Gasteiger charge is -2.37. The largest absolute Gasteiger partial charge is 0.465 e. The number of aliphatic hydroxyl groups is 1. The highest BCUT2D eigenvalue weighted by Gasteiger charge is 2.34. The van der Waals surface area contributed by atoms with E-state index in [1.165, 1.54) is 17.8 Å². The third-order valence-electron chi connectivity index (χ3n) is 6.06. The van der Waals surface area contributed by atoms with Gasteiger partial charge in [0.2, 0.25) is 0 Å². The number of nitrogens with zero attached hydrogens (tertiary/aromatic N) is 2. The molecule has 0 saturated carbocycles. The number of carbonyl (C=O) groups is 1. The Balaban J connectivity index is 1.46. The normalized spacial score (nSPS) is 17.9. The molecule has 4 rings (SSSR count). The van der Waals surface area contributed by atoms with Gasteiger partial charge < -0.3 is 25.3 Å². The van der Waals surface area contributed by atoms with Crippen LogP contribution in [-0.2, 0) is 6.18 Å². The van der Waals surface area contributed by atoms with Gasteiger partial charge in [-0.05, 0) is 62.2 Å². The van der Waals surface area contributed by atoms with E-state index in [-0.39, 0.29) is 12.5 Å². The molecule has 0 aromatic heterocycles. The van der Waals surface area contributed by atoms with Crippen LogP contribution in [0.1, 0.15) is 18.4 Å². The maximum absolute atomic E-state index is 13.4. The molecule has 0 spiro atoms. The Hall–Kier alpha value is -2.43. The van der Waals surface area contributed by atoms with Crippen LogP contribution in [0.25, 0.3) is 0 Å². The summed E-state index contributed by atoms with van der Waals surface area (Å²) in [7, 11) is 0. The zero-order chi connectivity index (χ0) is 23.6. The van der Waals surface area contributed by atoms with Crippen molar-refractivity contribution < 1.29 is 28.2 Å². The fourth-order valence-electron chi connectivity index (χ4n) is 4.37. The second-order valence-electron chi connectivity index (χ2n) is 8.44. The van der Waals surface area contributed by atoms with Gasteiger partial charge in [0.05, 0.1) is 29.6 Å². The van der Waals surface area contributed by atoms with Gasteiger partial charge in [0.25, 0.3) is 0 Å². The number of β-amino-alcohol motifs (C(OH)–C–C–N with tert-alkyl or cyclic N) is 1. The summed E-state index contributed by atoms with van der Waals surface area (Å²) in [6, 6.07) is 11.3. The van der Waals surface area contributed by atoms with Crippen LogP contribution in [0.15, 0.2) is 52.3 Å². The topological polar surface area (TPSA) is 76.0 Å². The molecule has 2 heterocycles. The summed E-state index contributed by atoms with van der Waals surface area (Å²) in [4.78, 5) is 16.2. The van der Waals surface area contributed by atoms with Crippen molar-refractivity contribution in [2.24, 2.45) is 5.92 Å². The quantitative estimate of drug-likeness (QED) is 0.558. The minimum absolute atomic E-state index is 0.173. The number of alkyl halides is 3. The number of anilines is 2. The Bertz CT molecular complexity index is 996. The molecule has 1 atom stereocenters. The summed E-state index contributed by atoms with van der Waals surface area (Å²) >= 11 is 1.43. The highest BCUT2D eigenvalue weighted by Crippen LogP contribution is 2.49. The first kappa shape index (κ1) is 23.7. The first-order valence-corrected chi connectivity index (χ1v) is 11.6. The lowest BCUT2D eigenvalue weighted by molar-refractivity contribution is -0.137. The van der Waals surface area contributed by atoms with Crippen LogP contribution < -0.4 is 10.2 Å². The summed E-state index contributed by atoms with van der Waals surface area (Å²) in [5.74, 6) is 0.271. The van der Waals surface area contributed by atoms with Gasteiger partial charge in [0.15, 0.2) is 0 Å². The fourth-order valence-corrected chi connectivity index (χ4v) is 5.45. The third kappa shape index (κ3) is 5.74. The monoisotopic (exact) mass is 481 g/mol. The second-order valence-corrected chi connectivity index (χ2v) is 9.53. The van der Waals surface area contributed by atoms with E-state index in [0.29, 0.717) is 18.8 Å². The summed E-state index contributed by atoms with van der Waals surface area (Å²) in [5.41, 5.74) is 0.524. The average molecular weight is 482 g/mol. The Morgan fingerprint density at radius 2 is 1.79 bits per heavy atom. The molecule has 178 valence electrons. The van der Waals surface area contributed by atoms with Gasteiger partial charge in [-0.1, -0.05) is 23.9 Å². The molecule has 1 amide bonds. The number of hydrogen-bond donors (Lipinski definition) is 3. The lowest BCUT2D eigenvalue weighted by Crippen LogP contribution is -2.44. The van der Waals surface area contributed by atoms with Gasteiger partial charge in [-0.2, -0.15) is 13.2 Å². The van der Waals surface area contributed by atoms with E-state index in [0.717, 1.165) is 53.5 Å². The Labute approximate surface area is 194 Å². The zero-order valence-corrected chi connectivity index (χ0v) is 18.7. The zero-order valence-electron chi connectivity index (χ0n) is 17.9. The molecule has 1 saturated heterocycles. The number of piperidine rings is 1. The van der Waals surface area contributed by atoms with E-state index in [9.17, 15) is 23.1 Å². The van der Waals surface area contributed by atoms with Crippen LogP contribution >= 0.6 is 11.8 Å². The number of nitrogens with one attached hydrogen (secondary N) is 1. The van der Waals surface area contributed by atoms with Crippen LogP contribution in [0.3, 0.4) is 0 Å². The van der Waals surface area contributed by atoms with Crippen molar-refractivity contribution in [3.05, 3.63) is 48.0 Å². The van der Waals surface area contributed by atoms with Crippen molar-refractivity contribution in [1.29, 1.82) is 0 Å². The van der Waals surface area contributed by atoms with E-state index >= 15 is 0 Å². The summed E-state index contributed by atoms with van der Waals surface area (Å²) in [6.07, 6.45) is -4.58. The van der Waals surface area contributed by atoms with Crippen LogP contribution in [0.2, 0.25) is 0 Å². The molecular weight excluding hydrogens is 455 g/mol. The number of amides is 1. The molecule has 0 aliphatic carbocycles. The molecule has 3 N–H and O–H groups in total. The van der Waals surface area contributed by atoms with E-state index in [4.69, 9.17) is 5.11 Å². The number of aliphatic hydroxyl groups excluding tert-OH is 1. The highest BCUT2D eigenvalue weighted by molar-refractivity contribution is 7.99. The van der Waals surface area contributed by atoms with E-state index in [1.807, 2.05) is 24.3 Å². The van der Waals surface area contributed by atoms with E-state index < -0.39 is 23.9 Å². The molecule has 10 heteroatoms. The predicted molar refractivity (Wildman–Crippen MR) is 120 cm³/mol. The van der Waals surface area contributed by atoms with Crippen LogP contribution in [0.4, 0.5) is 29.3 Å². The molecule has 0 bridgehead atoms. The molecule has 1 fully saturated rings. The SMILES string of the molecule is O=C(O)NCC1CCN(CC(O)CN2c3ccccc3Sc3ccc(C(F)(F)F)cc32)CC1. The molecule has 1 unspecified atom stereocenters. The highest BCUT2D eigenvalue weighted by atomic mass is 32.2. The maximum Gasteiger partial charge on any atom is 0.416 e. The molecule has 33 heavy (non-hydrogen) atoms. The van der Waals surface area contributed by atoms with Gasteiger partial charge in [-0.15, -0.1) is 0 Å². The summed E-state index contributed by atoms with van der Waals surface area (Å²) in [5, 5.41) is 22.0. The molecule has 2 aliphatic rings. The smallest absolute Gasteiger partial charge is 0.416 e. The number of fused-ring (bicyclic) bond motifs is 2. The van der Waals surface area contributed by atoms with Crippen LogP contribution in [0.5, 0.6) is 0 Å². The summed E-state index contributed by atoms with van der Waals surface area (Å²) in [6.45, 7) is 2.48. The Morgan fingerprint density at radius 3 is 2.48 bits per heavy atom. The lowest BCUT2D eigenvalue weighted by atomic mass is 9.96. The first-order chi connectivity index (χ1) is 15.7.